The van der Waals surface area contributed by atoms with Crippen LogP contribution in [0.2, 0.25) is 0 Å². The lowest BCUT2D eigenvalue weighted by Gasteiger charge is -2.18. The number of aryl methyl sites for hydroxylation is 1. The van der Waals surface area contributed by atoms with E-state index in [0.717, 1.165) is 34.6 Å². The van der Waals surface area contributed by atoms with E-state index in [-0.39, 0.29) is 6.04 Å². The van der Waals surface area contributed by atoms with Crippen LogP contribution in [0.5, 0.6) is 5.75 Å². The third-order valence-corrected chi connectivity index (χ3v) is 5.05. The highest BCUT2D eigenvalue weighted by Gasteiger charge is 2.13. The zero-order valence-electron chi connectivity index (χ0n) is 12.6. The predicted molar refractivity (Wildman–Crippen MR) is 89.4 cm³/mol. The summed E-state index contributed by atoms with van der Waals surface area (Å²) in [6, 6.07) is 8.50. The Bertz CT molecular complexity index is 559. The Morgan fingerprint density at radius 3 is 2.90 bits per heavy atom. The summed E-state index contributed by atoms with van der Waals surface area (Å²) >= 11 is 3.24. The predicted octanol–water partition coefficient (Wildman–Crippen LogP) is 3.55. The standard InChI is InChI=1S/C15H21N3OS2/c1-4-14-17-15(21-18-14)20-10-13(16-5-2)11-7-6-8-12(9-11)19-3/h6-9,13,16H,4-5,10H2,1-3H3. The van der Waals surface area contributed by atoms with Gasteiger partial charge in [-0.05, 0) is 35.8 Å². The second-order valence-electron chi connectivity index (χ2n) is 4.53. The van der Waals surface area contributed by atoms with E-state index in [9.17, 15) is 0 Å². The van der Waals surface area contributed by atoms with Crippen LogP contribution in [0.1, 0.15) is 31.3 Å². The molecule has 0 saturated heterocycles. The third kappa shape index (κ3) is 4.69. The van der Waals surface area contributed by atoms with Gasteiger partial charge in [0.25, 0.3) is 0 Å². The molecule has 2 aromatic rings. The number of aromatic nitrogens is 2. The van der Waals surface area contributed by atoms with Gasteiger partial charge in [-0.15, -0.1) is 0 Å². The number of thioether (sulfide) groups is 1. The van der Waals surface area contributed by atoms with E-state index in [1.54, 1.807) is 18.9 Å². The third-order valence-electron chi connectivity index (χ3n) is 3.09. The lowest BCUT2D eigenvalue weighted by atomic mass is 10.1. The summed E-state index contributed by atoms with van der Waals surface area (Å²) in [7, 11) is 1.70. The van der Waals surface area contributed by atoms with Gasteiger partial charge in [-0.25, -0.2) is 4.98 Å². The molecule has 0 fully saturated rings. The largest absolute Gasteiger partial charge is 0.497 e. The van der Waals surface area contributed by atoms with Crippen LogP contribution < -0.4 is 10.1 Å². The van der Waals surface area contributed by atoms with E-state index in [4.69, 9.17) is 4.74 Å². The minimum absolute atomic E-state index is 0.282. The molecule has 0 aliphatic carbocycles. The monoisotopic (exact) mass is 323 g/mol. The van der Waals surface area contributed by atoms with Crippen LogP contribution >= 0.6 is 23.3 Å². The number of hydrogen-bond donors (Lipinski definition) is 1. The maximum Gasteiger partial charge on any atom is 0.170 e. The van der Waals surface area contributed by atoms with Crippen molar-refractivity contribution in [3.05, 3.63) is 35.7 Å². The molecule has 0 saturated carbocycles. The summed E-state index contributed by atoms with van der Waals surface area (Å²) in [6.45, 7) is 5.13. The fourth-order valence-corrected chi connectivity index (χ4v) is 3.79. The number of methoxy groups -OCH3 is 1. The number of ether oxygens (including phenoxy) is 1. The molecule has 1 unspecified atom stereocenters. The number of nitrogens with zero attached hydrogens (tertiary/aromatic N) is 2. The van der Waals surface area contributed by atoms with E-state index < -0.39 is 0 Å². The normalized spacial score (nSPS) is 12.3. The molecular formula is C15H21N3OS2. The van der Waals surface area contributed by atoms with Crippen LogP contribution in [0.15, 0.2) is 28.6 Å². The van der Waals surface area contributed by atoms with Crippen LogP contribution in [0.4, 0.5) is 0 Å². The van der Waals surface area contributed by atoms with Gasteiger partial charge < -0.3 is 10.1 Å². The van der Waals surface area contributed by atoms with Crippen molar-refractivity contribution in [3.63, 3.8) is 0 Å². The summed E-state index contributed by atoms with van der Waals surface area (Å²) in [5, 5.41) is 3.52. The molecule has 0 amide bonds. The van der Waals surface area contributed by atoms with E-state index in [2.05, 4.69) is 40.7 Å². The summed E-state index contributed by atoms with van der Waals surface area (Å²) in [5.41, 5.74) is 1.24. The number of benzene rings is 1. The smallest absolute Gasteiger partial charge is 0.170 e. The molecular weight excluding hydrogens is 302 g/mol. The lowest BCUT2D eigenvalue weighted by Crippen LogP contribution is -2.22. The van der Waals surface area contributed by atoms with Crippen molar-refractivity contribution in [2.24, 2.45) is 0 Å². The second-order valence-corrected chi connectivity index (χ2v) is 6.55. The highest BCUT2D eigenvalue weighted by atomic mass is 32.2. The molecule has 0 bridgehead atoms. The fourth-order valence-electron chi connectivity index (χ4n) is 1.97. The Labute approximate surface area is 134 Å². The molecule has 6 heteroatoms. The van der Waals surface area contributed by atoms with Crippen molar-refractivity contribution < 1.29 is 4.74 Å². The van der Waals surface area contributed by atoms with Gasteiger partial charge in [-0.1, -0.05) is 37.7 Å². The molecule has 114 valence electrons. The van der Waals surface area contributed by atoms with Gasteiger partial charge in [0.2, 0.25) is 0 Å². The van der Waals surface area contributed by atoms with Crippen molar-refractivity contribution >= 4 is 23.3 Å². The van der Waals surface area contributed by atoms with Gasteiger partial charge in [0, 0.05) is 18.2 Å². The van der Waals surface area contributed by atoms with Crippen LogP contribution in [0.25, 0.3) is 0 Å². The zero-order chi connectivity index (χ0) is 15.1. The molecule has 1 aromatic carbocycles. The van der Waals surface area contributed by atoms with E-state index in [1.807, 2.05) is 12.1 Å². The molecule has 0 spiro atoms. The topological polar surface area (TPSA) is 47.0 Å². The van der Waals surface area contributed by atoms with Gasteiger partial charge in [-0.2, -0.15) is 4.37 Å². The van der Waals surface area contributed by atoms with Crippen molar-refractivity contribution in [1.29, 1.82) is 0 Å². The molecule has 0 radical (unpaired) electrons. The Morgan fingerprint density at radius 1 is 1.38 bits per heavy atom. The Morgan fingerprint density at radius 2 is 2.24 bits per heavy atom. The molecule has 1 aromatic heterocycles. The van der Waals surface area contributed by atoms with Gasteiger partial charge in [0.05, 0.1) is 7.11 Å². The Balaban J connectivity index is 2.04. The van der Waals surface area contributed by atoms with Gasteiger partial charge in [-0.3, -0.25) is 0 Å². The summed E-state index contributed by atoms with van der Waals surface area (Å²) in [5.74, 6) is 2.76. The van der Waals surface area contributed by atoms with Crippen molar-refractivity contribution in [1.82, 2.24) is 14.7 Å². The first-order valence-electron chi connectivity index (χ1n) is 7.09. The van der Waals surface area contributed by atoms with Gasteiger partial charge in [0.15, 0.2) is 4.34 Å². The van der Waals surface area contributed by atoms with E-state index in [1.165, 1.54) is 17.1 Å². The molecule has 2 rings (SSSR count). The zero-order valence-corrected chi connectivity index (χ0v) is 14.3. The minimum Gasteiger partial charge on any atom is -0.497 e. The van der Waals surface area contributed by atoms with Crippen molar-refractivity contribution in [3.8, 4) is 5.75 Å². The van der Waals surface area contributed by atoms with Gasteiger partial charge >= 0.3 is 0 Å². The quantitative estimate of drug-likeness (QED) is 0.753. The summed E-state index contributed by atoms with van der Waals surface area (Å²) in [4.78, 5) is 4.51. The highest BCUT2D eigenvalue weighted by Crippen LogP contribution is 2.27. The van der Waals surface area contributed by atoms with Crippen LogP contribution in [-0.2, 0) is 6.42 Å². The number of hydrogen-bond acceptors (Lipinski definition) is 6. The minimum atomic E-state index is 0.282. The first-order chi connectivity index (χ1) is 10.3. The number of rotatable bonds is 8. The molecule has 21 heavy (non-hydrogen) atoms. The molecule has 1 atom stereocenters. The fraction of sp³-hybridized carbons (Fsp3) is 0.467. The lowest BCUT2D eigenvalue weighted by molar-refractivity contribution is 0.413. The average Bonchev–Trinajstić information content (AvgIpc) is 2.99. The van der Waals surface area contributed by atoms with Gasteiger partial charge in [0.1, 0.15) is 11.6 Å². The molecule has 0 aliphatic heterocycles. The van der Waals surface area contributed by atoms with Crippen LogP contribution in [0, 0.1) is 0 Å². The maximum absolute atomic E-state index is 5.31. The molecule has 0 aliphatic rings. The number of nitrogens with one attached hydrogen (secondary N) is 1. The molecule has 1 N–H and O–H groups in total. The summed E-state index contributed by atoms with van der Waals surface area (Å²) in [6.07, 6.45) is 0.892. The molecule has 1 heterocycles. The second kappa shape index (κ2) is 8.36. The first-order valence-corrected chi connectivity index (χ1v) is 8.85. The maximum atomic E-state index is 5.31. The van der Waals surface area contributed by atoms with Crippen molar-refractivity contribution in [2.45, 2.75) is 30.6 Å². The SMILES string of the molecule is CCNC(CSc1nc(CC)ns1)c1cccc(OC)c1. The summed E-state index contributed by atoms with van der Waals surface area (Å²) < 4.78 is 10.7. The average molecular weight is 323 g/mol. The van der Waals surface area contributed by atoms with Crippen LogP contribution in [-0.4, -0.2) is 28.8 Å². The Hall–Kier alpha value is -1.11. The molecule has 4 nitrogen and oxygen atoms in total. The Kier molecular flexibility index (Phi) is 6.48. The van der Waals surface area contributed by atoms with Crippen molar-refractivity contribution in [2.75, 3.05) is 19.4 Å². The first kappa shape index (κ1) is 16.3. The van der Waals surface area contributed by atoms with Crippen LogP contribution in [0.3, 0.4) is 0 Å². The van der Waals surface area contributed by atoms with E-state index >= 15 is 0 Å². The highest BCUT2D eigenvalue weighted by molar-refractivity contribution is 8.00. The van der Waals surface area contributed by atoms with E-state index in [0.29, 0.717) is 0 Å².